The Morgan fingerprint density at radius 3 is 2.19 bits per heavy atom. The zero-order valence-electron chi connectivity index (χ0n) is 28.8. The Morgan fingerprint density at radius 2 is 1.54 bits per heavy atom. The van der Waals surface area contributed by atoms with Crippen LogP contribution < -0.4 is 0 Å². The van der Waals surface area contributed by atoms with Crippen LogP contribution in [0.4, 0.5) is 0 Å². The first kappa shape index (κ1) is 37.1. The molecule has 4 saturated heterocycles. The minimum absolute atomic E-state index is 0.0713. The van der Waals surface area contributed by atoms with E-state index in [0.717, 1.165) is 4.90 Å². The van der Waals surface area contributed by atoms with Crippen LogP contribution in [-0.4, -0.2) is 112 Å². The van der Waals surface area contributed by atoms with E-state index in [2.05, 4.69) is 0 Å². The van der Waals surface area contributed by atoms with E-state index in [1.807, 2.05) is 57.3 Å². The molecule has 0 aliphatic carbocycles. The van der Waals surface area contributed by atoms with Crippen molar-refractivity contribution in [2.24, 2.45) is 0 Å². The Hall–Kier alpha value is -2.12. The molecule has 268 valence electrons. The van der Waals surface area contributed by atoms with Crippen molar-refractivity contribution in [2.45, 2.75) is 132 Å². The number of rotatable bonds is 11. The van der Waals surface area contributed by atoms with Crippen molar-refractivity contribution in [1.82, 2.24) is 0 Å². The molecule has 0 N–H and O–H groups in total. The predicted molar refractivity (Wildman–Crippen MR) is 170 cm³/mol. The van der Waals surface area contributed by atoms with E-state index in [1.54, 1.807) is 13.8 Å². The third-order valence-corrected chi connectivity index (χ3v) is 10.8. The molecule has 0 spiro atoms. The molecule has 4 fully saturated rings. The Kier molecular flexibility index (Phi) is 11.0. The molecule has 9 atom stereocenters. The molecule has 1 aromatic rings. The lowest BCUT2D eigenvalue weighted by Gasteiger charge is -2.47. The lowest BCUT2D eigenvalue weighted by molar-refractivity contribution is -0.293. The quantitative estimate of drug-likeness (QED) is 0.187. The van der Waals surface area contributed by atoms with Crippen molar-refractivity contribution in [2.75, 3.05) is 19.8 Å². The first-order chi connectivity index (χ1) is 22.4. The summed E-state index contributed by atoms with van der Waals surface area (Å²) in [5.74, 6) is -4.98. The molecule has 4 aliphatic rings. The SMILES string of the molecule is CC(=O)OC[C@H]1O[C@@H](Sc2ccccc2)[C@H](O[Si](C)(C)OC[C@@]23OC[C@H]4OC(C)(C)O[C@H]4[C@@H]2OC(C)(C)O3)[C@@H](OC(C)=O)[C@@H]1OC(C)=O. The number of esters is 3. The smallest absolute Gasteiger partial charge is 0.332 e. The van der Waals surface area contributed by atoms with Gasteiger partial charge in [0.1, 0.15) is 42.6 Å². The van der Waals surface area contributed by atoms with Gasteiger partial charge in [-0.25, -0.2) is 0 Å². The maximum atomic E-state index is 12.5. The molecule has 0 radical (unpaired) electrons. The number of carbonyl (C=O) groups is 3. The number of benzene rings is 1. The first-order valence-corrected chi connectivity index (χ1v) is 19.6. The number of carbonyl (C=O) groups excluding carboxylic acids is 3. The fourth-order valence-electron chi connectivity index (χ4n) is 6.31. The summed E-state index contributed by atoms with van der Waals surface area (Å²) in [4.78, 5) is 37.4. The molecule has 0 aromatic heterocycles. The maximum absolute atomic E-state index is 12.5. The molecule has 5 rings (SSSR count). The normalized spacial score (nSPS) is 35.3. The second-order valence-electron chi connectivity index (χ2n) is 13.5. The van der Waals surface area contributed by atoms with Gasteiger partial charge in [-0.15, -0.1) is 0 Å². The number of ether oxygens (including phenoxy) is 9. The highest BCUT2D eigenvalue weighted by Crippen LogP contribution is 2.48. The molecule has 48 heavy (non-hydrogen) atoms. The van der Waals surface area contributed by atoms with Crippen LogP contribution in [0.3, 0.4) is 0 Å². The van der Waals surface area contributed by atoms with Crippen LogP contribution >= 0.6 is 11.8 Å². The van der Waals surface area contributed by atoms with Crippen molar-refractivity contribution in [3.05, 3.63) is 30.3 Å². The van der Waals surface area contributed by atoms with Crippen molar-refractivity contribution in [3.8, 4) is 0 Å². The van der Waals surface area contributed by atoms with E-state index in [-0.39, 0.29) is 25.9 Å². The van der Waals surface area contributed by atoms with Gasteiger partial charge < -0.3 is 51.5 Å². The average Bonchev–Trinajstić information content (AvgIpc) is 3.45. The molecule has 0 bridgehead atoms. The summed E-state index contributed by atoms with van der Waals surface area (Å²) in [5.41, 5.74) is -0.812. The molecule has 1 aromatic carbocycles. The van der Waals surface area contributed by atoms with Gasteiger partial charge in [-0.2, -0.15) is 0 Å². The van der Waals surface area contributed by atoms with Crippen LogP contribution in [0.25, 0.3) is 0 Å². The second kappa shape index (κ2) is 14.2. The van der Waals surface area contributed by atoms with Gasteiger partial charge in [-0.05, 0) is 52.9 Å². The third-order valence-electron chi connectivity index (χ3n) is 7.96. The van der Waals surface area contributed by atoms with Crippen molar-refractivity contribution in [1.29, 1.82) is 0 Å². The fourth-order valence-corrected chi connectivity index (χ4v) is 9.06. The summed E-state index contributed by atoms with van der Waals surface area (Å²) in [6, 6.07) is 9.42. The zero-order valence-corrected chi connectivity index (χ0v) is 30.6. The van der Waals surface area contributed by atoms with Crippen molar-refractivity contribution >= 4 is 38.2 Å². The number of thioether (sulfide) groups is 1. The van der Waals surface area contributed by atoms with Gasteiger partial charge in [0.2, 0.25) is 5.79 Å². The van der Waals surface area contributed by atoms with Gasteiger partial charge in [0, 0.05) is 25.7 Å². The van der Waals surface area contributed by atoms with Crippen LogP contribution in [0.1, 0.15) is 48.5 Å². The van der Waals surface area contributed by atoms with E-state index < -0.39 is 85.9 Å². The van der Waals surface area contributed by atoms with Gasteiger partial charge in [0.05, 0.1) is 13.2 Å². The third kappa shape index (κ3) is 8.78. The molecule has 16 heteroatoms. The Morgan fingerprint density at radius 1 is 0.875 bits per heavy atom. The molecular formula is C32H46O14SSi. The fraction of sp³-hybridized carbons (Fsp3) is 0.719. The monoisotopic (exact) mass is 714 g/mol. The topological polar surface area (TPSA) is 153 Å². The van der Waals surface area contributed by atoms with Gasteiger partial charge in [0.25, 0.3) is 0 Å². The van der Waals surface area contributed by atoms with Crippen molar-refractivity contribution in [3.63, 3.8) is 0 Å². The van der Waals surface area contributed by atoms with E-state index >= 15 is 0 Å². The van der Waals surface area contributed by atoms with E-state index in [4.69, 9.17) is 51.5 Å². The first-order valence-electron chi connectivity index (χ1n) is 15.9. The standard InChI is InChI=1S/C32H46O14SSi/c1-18(33)36-15-22-24(39-19(2)34)26(40-20(3)35)27(29(41-22)47-21-13-11-10-12-14-21)45-48(8,9)38-17-32-28(44-31(6,7)46-32)25-23(16-37-32)42-30(4,5)43-25/h10-14,22-29H,15-17H2,1-9H3/t22-,23-,24-,25-,26+,27-,28+,29+,32+/m1/s1. The number of fused-ring (bicyclic) bond motifs is 3. The minimum atomic E-state index is -3.23. The lowest BCUT2D eigenvalue weighted by atomic mass is 9.98. The summed E-state index contributed by atoms with van der Waals surface area (Å²) in [6.45, 7) is 14.5. The lowest BCUT2D eigenvalue weighted by Crippen LogP contribution is -2.64. The zero-order chi connectivity index (χ0) is 35.1. The Bertz CT molecular complexity index is 1330. The number of hydrogen-bond donors (Lipinski definition) is 0. The average molecular weight is 715 g/mol. The Balaban J connectivity index is 1.42. The summed E-state index contributed by atoms with van der Waals surface area (Å²) in [6.07, 6.45) is -5.75. The molecule has 4 heterocycles. The maximum Gasteiger partial charge on any atom is 0.332 e. The van der Waals surface area contributed by atoms with Gasteiger partial charge in [-0.1, -0.05) is 30.0 Å². The van der Waals surface area contributed by atoms with E-state index in [0.29, 0.717) is 0 Å². The van der Waals surface area contributed by atoms with Crippen LogP contribution in [0.15, 0.2) is 35.2 Å². The summed E-state index contributed by atoms with van der Waals surface area (Å²) >= 11 is 1.32. The molecule has 0 unspecified atom stereocenters. The highest BCUT2D eigenvalue weighted by Gasteiger charge is 2.66. The summed E-state index contributed by atoms with van der Waals surface area (Å²) in [5, 5.41) is 0. The van der Waals surface area contributed by atoms with Crippen molar-refractivity contribution < 1.29 is 65.9 Å². The molecule has 0 amide bonds. The predicted octanol–water partition coefficient (Wildman–Crippen LogP) is 3.43. The summed E-state index contributed by atoms with van der Waals surface area (Å²) < 4.78 is 67.7. The van der Waals surface area contributed by atoms with Crippen LogP contribution in [0, 0.1) is 0 Å². The van der Waals surface area contributed by atoms with Gasteiger partial charge in [-0.3, -0.25) is 14.4 Å². The van der Waals surface area contributed by atoms with Gasteiger partial charge in [0.15, 0.2) is 23.8 Å². The van der Waals surface area contributed by atoms with E-state index in [9.17, 15) is 14.4 Å². The minimum Gasteiger partial charge on any atom is -0.463 e. The molecular weight excluding hydrogens is 668 g/mol. The Labute approximate surface area is 285 Å². The van der Waals surface area contributed by atoms with E-state index in [1.165, 1.54) is 32.5 Å². The van der Waals surface area contributed by atoms with Crippen LogP contribution in [-0.2, 0) is 65.9 Å². The highest BCUT2D eigenvalue weighted by atomic mass is 32.2. The van der Waals surface area contributed by atoms with Gasteiger partial charge >= 0.3 is 26.5 Å². The molecule has 14 nitrogen and oxygen atoms in total. The van der Waals surface area contributed by atoms with Crippen LogP contribution in [0.5, 0.6) is 0 Å². The molecule has 0 saturated carbocycles. The van der Waals surface area contributed by atoms with Crippen LogP contribution in [0.2, 0.25) is 13.1 Å². The summed E-state index contributed by atoms with van der Waals surface area (Å²) in [7, 11) is -3.23. The largest absolute Gasteiger partial charge is 0.463 e. The number of hydrogen-bond acceptors (Lipinski definition) is 15. The molecule has 4 aliphatic heterocycles. The highest BCUT2D eigenvalue weighted by molar-refractivity contribution is 7.99. The second-order valence-corrected chi connectivity index (χ2v) is 18.0.